The molecule has 0 amide bonds. The Balaban J connectivity index is 2.25. The molecule has 0 spiro atoms. The number of rotatable bonds is 5. The lowest BCUT2D eigenvalue weighted by Gasteiger charge is -2.10. The molecule has 0 saturated carbocycles. The topological polar surface area (TPSA) is 66.0 Å². The van der Waals surface area contributed by atoms with Crippen molar-refractivity contribution < 1.29 is 9.50 Å². The Morgan fingerprint density at radius 1 is 1.24 bits per heavy atom. The number of benzene rings is 1. The standard InChI is InChI=1S/C16H15FN2O2/c17-7-5-15(20)13-3-1-12(2-4-13)14-6-9-19(10-8-18)16(21)11-14/h1-4,6,9,11,15,20H,5,7,10H2. The zero-order valence-electron chi connectivity index (χ0n) is 11.4. The van der Waals surface area contributed by atoms with Gasteiger partial charge in [0.2, 0.25) is 0 Å². The maximum absolute atomic E-state index is 12.2. The molecule has 2 aromatic rings. The first-order chi connectivity index (χ1) is 10.2. The zero-order valence-corrected chi connectivity index (χ0v) is 11.4. The highest BCUT2D eigenvalue weighted by atomic mass is 19.1. The number of hydrogen-bond acceptors (Lipinski definition) is 3. The van der Waals surface area contributed by atoms with Crippen LogP contribution in [0.3, 0.4) is 0 Å². The summed E-state index contributed by atoms with van der Waals surface area (Å²) < 4.78 is 13.5. The van der Waals surface area contributed by atoms with E-state index in [0.717, 1.165) is 11.1 Å². The number of aliphatic hydroxyl groups is 1. The number of alkyl halides is 1. The van der Waals surface area contributed by atoms with Crippen LogP contribution >= 0.6 is 0 Å². The fraction of sp³-hybridized carbons (Fsp3) is 0.250. The first-order valence-electron chi connectivity index (χ1n) is 6.57. The minimum absolute atomic E-state index is 0.0213. The molecule has 2 rings (SSSR count). The van der Waals surface area contributed by atoms with E-state index in [4.69, 9.17) is 5.26 Å². The van der Waals surface area contributed by atoms with Gasteiger partial charge in [-0.25, -0.2) is 0 Å². The second kappa shape index (κ2) is 6.82. The smallest absolute Gasteiger partial charge is 0.252 e. The second-order valence-corrected chi connectivity index (χ2v) is 4.66. The van der Waals surface area contributed by atoms with Gasteiger partial charge in [-0.3, -0.25) is 9.18 Å². The van der Waals surface area contributed by atoms with E-state index in [0.29, 0.717) is 5.56 Å². The number of nitriles is 1. The van der Waals surface area contributed by atoms with Gasteiger partial charge in [0.25, 0.3) is 5.56 Å². The molecule has 0 aliphatic carbocycles. The van der Waals surface area contributed by atoms with Gasteiger partial charge in [-0.2, -0.15) is 5.26 Å². The molecular formula is C16H15FN2O2. The number of hydrogen-bond donors (Lipinski definition) is 1. The van der Waals surface area contributed by atoms with Crippen molar-refractivity contribution in [3.05, 3.63) is 58.5 Å². The monoisotopic (exact) mass is 286 g/mol. The van der Waals surface area contributed by atoms with Crippen LogP contribution in [-0.4, -0.2) is 16.3 Å². The molecule has 0 saturated heterocycles. The Morgan fingerprint density at radius 3 is 2.52 bits per heavy atom. The van der Waals surface area contributed by atoms with E-state index in [-0.39, 0.29) is 18.5 Å². The average Bonchev–Trinajstić information content (AvgIpc) is 2.50. The van der Waals surface area contributed by atoms with Gasteiger partial charge in [0, 0.05) is 18.7 Å². The molecule has 0 aliphatic heterocycles. The van der Waals surface area contributed by atoms with E-state index in [9.17, 15) is 14.3 Å². The molecule has 1 aromatic heterocycles. The third-order valence-corrected chi connectivity index (χ3v) is 3.25. The second-order valence-electron chi connectivity index (χ2n) is 4.66. The van der Waals surface area contributed by atoms with E-state index in [1.54, 1.807) is 36.5 Å². The quantitative estimate of drug-likeness (QED) is 0.918. The van der Waals surface area contributed by atoms with Gasteiger partial charge < -0.3 is 9.67 Å². The van der Waals surface area contributed by atoms with Crippen LogP contribution in [0.1, 0.15) is 18.1 Å². The fourth-order valence-corrected chi connectivity index (χ4v) is 2.06. The van der Waals surface area contributed by atoms with E-state index in [1.165, 1.54) is 10.6 Å². The number of halogens is 1. The lowest BCUT2D eigenvalue weighted by molar-refractivity contribution is 0.156. The molecule has 1 atom stereocenters. The number of nitrogens with zero attached hydrogens (tertiary/aromatic N) is 2. The maximum atomic E-state index is 12.2. The lowest BCUT2D eigenvalue weighted by Crippen LogP contribution is -2.17. The minimum atomic E-state index is -0.812. The van der Waals surface area contributed by atoms with Crippen LogP contribution in [0.2, 0.25) is 0 Å². The lowest BCUT2D eigenvalue weighted by atomic mass is 10.0. The van der Waals surface area contributed by atoms with Crippen molar-refractivity contribution in [3.8, 4) is 17.2 Å². The molecule has 1 unspecified atom stereocenters. The van der Waals surface area contributed by atoms with Gasteiger partial charge in [-0.05, 0) is 22.8 Å². The Bertz CT molecular complexity index is 701. The third kappa shape index (κ3) is 3.56. The molecule has 4 nitrogen and oxygen atoms in total. The van der Waals surface area contributed by atoms with Crippen molar-refractivity contribution in [2.75, 3.05) is 6.67 Å². The van der Waals surface area contributed by atoms with Crippen molar-refractivity contribution in [2.45, 2.75) is 19.1 Å². The third-order valence-electron chi connectivity index (χ3n) is 3.25. The summed E-state index contributed by atoms with van der Waals surface area (Å²) in [5.74, 6) is 0. The highest BCUT2D eigenvalue weighted by Gasteiger charge is 2.07. The molecule has 1 heterocycles. The molecule has 0 aliphatic rings. The summed E-state index contributed by atoms with van der Waals surface area (Å²) in [4.78, 5) is 11.8. The van der Waals surface area contributed by atoms with Crippen molar-refractivity contribution in [1.29, 1.82) is 5.26 Å². The van der Waals surface area contributed by atoms with Crippen LogP contribution < -0.4 is 5.56 Å². The van der Waals surface area contributed by atoms with Crippen LogP contribution in [0.15, 0.2) is 47.4 Å². The van der Waals surface area contributed by atoms with Crippen LogP contribution in [0.4, 0.5) is 4.39 Å². The molecule has 21 heavy (non-hydrogen) atoms. The zero-order chi connectivity index (χ0) is 15.2. The molecule has 0 bridgehead atoms. The first kappa shape index (κ1) is 14.9. The van der Waals surface area contributed by atoms with Gasteiger partial charge in [0.15, 0.2) is 0 Å². The van der Waals surface area contributed by atoms with Gasteiger partial charge in [0.05, 0.1) is 18.8 Å². The van der Waals surface area contributed by atoms with Crippen molar-refractivity contribution in [1.82, 2.24) is 4.57 Å². The van der Waals surface area contributed by atoms with Gasteiger partial charge in [-0.1, -0.05) is 24.3 Å². The number of pyridine rings is 1. The summed E-state index contributed by atoms with van der Waals surface area (Å²) in [6, 6.07) is 12.1. The first-order valence-corrected chi connectivity index (χ1v) is 6.57. The Kier molecular flexibility index (Phi) is 4.85. The predicted molar refractivity (Wildman–Crippen MR) is 77.3 cm³/mol. The SMILES string of the molecule is N#CCn1ccc(-c2ccc(C(O)CCF)cc2)cc1=O. The van der Waals surface area contributed by atoms with Crippen LogP contribution in [-0.2, 0) is 6.54 Å². The molecule has 1 N–H and O–H groups in total. The highest BCUT2D eigenvalue weighted by molar-refractivity contribution is 5.63. The normalized spacial score (nSPS) is 11.9. The Labute approximate surface area is 121 Å². The van der Waals surface area contributed by atoms with Gasteiger partial charge in [0.1, 0.15) is 6.54 Å². The van der Waals surface area contributed by atoms with E-state index < -0.39 is 12.8 Å². The summed E-state index contributed by atoms with van der Waals surface area (Å²) >= 11 is 0. The molecule has 5 heteroatoms. The van der Waals surface area contributed by atoms with Crippen LogP contribution in [0.25, 0.3) is 11.1 Å². The molecule has 108 valence electrons. The number of aromatic nitrogens is 1. The average molecular weight is 286 g/mol. The minimum Gasteiger partial charge on any atom is -0.388 e. The van der Waals surface area contributed by atoms with Gasteiger partial charge >= 0.3 is 0 Å². The largest absolute Gasteiger partial charge is 0.388 e. The number of aliphatic hydroxyl groups excluding tert-OH is 1. The van der Waals surface area contributed by atoms with E-state index in [1.807, 2.05) is 6.07 Å². The fourth-order valence-electron chi connectivity index (χ4n) is 2.06. The Hall–Kier alpha value is -2.45. The molecular weight excluding hydrogens is 271 g/mol. The van der Waals surface area contributed by atoms with E-state index >= 15 is 0 Å². The Morgan fingerprint density at radius 2 is 1.95 bits per heavy atom. The van der Waals surface area contributed by atoms with Crippen LogP contribution in [0, 0.1) is 11.3 Å². The summed E-state index contributed by atoms with van der Waals surface area (Å²) in [7, 11) is 0. The maximum Gasteiger partial charge on any atom is 0.252 e. The molecule has 1 aromatic carbocycles. The van der Waals surface area contributed by atoms with Crippen LogP contribution in [0.5, 0.6) is 0 Å². The predicted octanol–water partition coefficient (Wildman–Crippen LogP) is 2.43. The summed E-state index contributed by atoms with van der Waals surface area (Å²) in [6.45, 7) is -0.548. The summed E-state index contributed by atoms with van der Waals surface area (Å²) in [6.07, 6.45) is 0.837. The molecule has 0 radical (unpaired) electrons. The van der Waals surface area contributed by atoms with E-state index in [2.05, 4.69) is 0 Å². The summed E-state index contributed by atoms with van der Waals surface area (Å²) in [5.41, 5.74) is 1.97. The van der Waals surface area contributed by atoms with Crippen molar-refractivity contribution in [2.24, 2.45) is 0 Å². The highest BCUT2D eigenvalue weighted by Crippen LogP contribution is 2.22. The van der Waals surface area contributed by atoms with Crippen molar-refractivity contribution >= 4 is 0 Å². The van der Waals surface area contributed by atoms with Gasteiger partial charge in [-0.15, -0.1) is 0 Å². The summed E-state index contributed by atoms with van der Waals surface area (Å²) in [5, 5.41) is 18.3. The van der Waals surface area contributed by atoms with Crippen molar-refractivity contribution in [3.63, 3.8) is 0 Å². The molecule has 0 fully saturated rings.